The van der Waals surface area contributed by atoms with E-state index in [1.165, 1.54) is 12.5 Å². The van der Waals surface area contributed by atoms with E-state index in [1.807, 2.05) is 11.0 Å². The highest BCUT2D eigenvalue weighted by atomic mass is 19.3. The zero-order chi connectivity index (χ0) is 14.6. The first-order valence-electron chi connectivity index (χ1n) is 6.22. The minimum Gasteiger partial charge on any atom is -0.390 e. The van der Waals surface area contributed by atoms with Crippen LogP contribution in [0.5, 0.6) is 0 Å². The Bertz CT molecular complexity index is 497. The molecule has 20 heavy (non-hydrogen) atoms. The van der Waals surface area contributed by atoms with E-state index in [0.29, 0.717) is 37.6 Å². The highest BCUT2D eigenvalue weighted by molar-refractivity contribution is 5.52. The van der Waals surface area contributed by atoms with Crippen molar-refractivity contribution >= 4 is 5.82 Å². The van der Waals surface area contributed by atoms with Gasteiger partial charge in [0.15, 0.2) is 0 Å². The van der Waals surface area contributed by atoms with Gasteiger partial charge in [-0.15, -0.1) is 0 Å². The lowest BCUT2D eigenvalue weighted by molar-refractivity contribution is -0.0733. The van der Waals surface area contributed by atoms with E-state index in [2.05, 4.69) is 9.97 Å². The van der Waals surface area contributed by atoms with Gasteiger partial charge in [-0.1, -0.05) is 0 Å². The predicted molar refractivity (Wildman–Crippen MR) is 67.4 cm³/mol. The van der Waals surface area contributed by atoms with Crippen molar-refractivity contribution in [3.63, 3.8) is 0 Å². The molecule has 2 heterocycles. The van der Waals surface area contributed by atoms with Crippen molar-refractivity contribution < 1.29 is 13.9 Å². The molecule has 0 aliphatic carbocycles. The molecule has 6 nitrogen and oxygen atoms in total. The molecule has 0 unspecified atom stereocenters. The SMILES string of the molecule is N#Cc1cncnc1N1CCN(CC(F)(F)CO)CC1. The summed E-state index contributed by atoms with van der Waals surface area (Å²) in [5.74, 6) is -2.54. The maximum atomic E-state index is 13.1. The molecular formula is C12H15F2N5O. The third-order valence-corrected chi connectivity index (χ3v) is 3.17. The van der Waals surface area contributed by atoms with Gasteiger partial charge in [0, 0.05) is 26.2 Å². The molecule has 1 N–H and O–H groups in total. The summed E-state index contributed by atoms with van der Waals surface area (Å²) in [6, 6.07) is 2.02. The first-order chi connectivity index (χ1) is 9.55. The van der Waals surface area contributed by atoms with E-state index in [-0.39, 0.29) is 0 Å². The summed E-state index contributed by atoms with van der Waals surface area (Å²) in [7, 11) is 0. The number of aliphatic hydroxyl groups excluding tert-OH is 1. The van der Waals surface area contributed by atoms with Crippen LogP contribution in [-0.4, -0.2) is 65.2 Å². The summed E-state index contributed by atoms with van der Waals surface area (Å²) >= 11 is 0. The van der Waals surface area contributed by atoms with Crippen molar-refractivity contribution in [2.45, 2.75) is 5.92 Å². The normalized spacial score (nSPS) is 17.0. The maximum absolute atomic E-state index is 13.1. The van der Waals surface area contributed by atoms with Crippen LogP contribution in [-0.2, 0) is 0 Å². The van der Waals surface area contributed by atoms with Crippen molar-refractivity contribution in [3.8, 4) is 6.07 Å². The average Bonchev–Trinajstić information content (AvgIpc) is 2.48. The smallest absolute Gasteiger partial charge is 0.283 e. The molecule has 1 aromatic rings. The van der Waals surface area contributed by atoms with E-state index in [1.54, 1.807) is 4.90 Å². The van der Waals surface area contributed by atoms with Gasteiger partial charge in [-0.05, 0) is 0 Å². The minimum atomic E-state index is -3.07. The number of alkyl halides is 2. The predicted octanol–water partition coefficient (Wildman–Crippen LogP) is 0.0979. The molecule has 0 bridgehead atoms. The van der Waals surface area contributed by atoms with Gasteiger partial charge in [0.25, 0.3) is 5.92 Å². The highest BCUT2D eigenvalue weighted by Gasteiger charge is 2.32. The summed E-state index contributed by atoms with van der Waals surface area (Å²) in [6.45, 7) is 0.291. The molecule has 0 aromatic carbocycles. The van der Waals surface area contributed by atoms with Crippen molar-refractivity contribution in [1.82, 2.24) is 14.9 Å². The van der Waals surface area contributed by atoms with Crippen LogP contribution in [0.1, 0.15) is 5.56 Å². The molecule has 8 heteroatoms. The molecule has 1 saturated heterocycles. The second kappa shape index (κ2) is 6.07. The Hall–Kier alpha value is -1.85. The summed E-state index contributed by atoms with van der Waals surface area (Å²) in [4.78, 5) is 11.3. The molecule has 0 amide bonds. The molecule has 1 fully saturated rings. The lowest BCUT2D eigenvalue weighted by Crippen LogP contribution is -2.51. The number of hydrogen-bond donors (Lipinski definition) is 1. The van der Waals surface area contributed by atoms with Crippen LogP contribution in [0.3, 0.4) is 0 Å². The van der Waals surface area contributed by atoms with Gasteiger partial charge in [-0.2, -0.15) is 5.26 Å². The summed E-state index contributed by atoms with van der Waals surface area (Å²) in [5, 5.41) is 17.6. The summed E-state index contributed by atoms with van der Waals surface area (Å²) < 4.78 is 26.2. The van der Waals surface area contributed by atoms with Gasteiger partial charge in [0.05, 0.1) is 12.7 Å². The topological polar surface area (TPSA) is 76.3 Å². The largest absolute Gasteiger partial charge is 0.390 e. The fourth-order valence-corrected chi connectivity index (χ4v) is 2.15. The van der Waals surface area contributed by atoms with Crippen LogP contribution in [0.15, 0.2) is 12.5 Å². The number of aromatic nitrogens is 2. The van der Waals surface area contributed by atoms with Gasteiger partial charge in [0.2, 0.25) is 0 Å². The van der Waals surface area contributed by atoms with E-state index in [0.717, 1.165) is 0 Å². The Morgan fingerprint density at radius 2 is 2.05 bits per heavy atom. The fourth-order valence-electron chi connectivity index (χ4n) is 2.15. The lowest BCUT2D eigenvalue weighted by Gasteiger charge is -2.36. The second-order valence-electron chi connectivity index (χ2n) is 4.65. The van der Waals surface area contributed by atoms with Gasteiger partial charge >= 0.3 is 0 Å². The molecule has 1 aliphatic heterocycles. The van der Waals surface area contributed by atoms with Gasteiger partial charge in [0.1, 0.15) is 30.4 Å². The van der Waals surface area contributed by atoms with Crippen molar-refractivity contribution in [3.05, 3.63) is 18.1 Å². The first-order valence-corrected chi connectivity index (χ1v) is 6.22. The molecule has 0 atom stereocenters. The molecule has 0 saturated carbocycles. The van der Waals surface area contributed by atoms with Crippen LogP contribution in [0.2, 0.25) is 0 Å². The monoisotopic (exact) mass is 283 g/mol. The van der Waals surface area contributed by atoms with Crippen LogP contribution in [0.4, 0.5) is 14.6 Å². The number of anilines is 1. The minimum absolute atomic E-state index is 0.377. The maximum Gasteiger partial charge on any atom is 0.283 e. The van der Waals surface area contributed by atoms with E-state index < -0.39 is 19.1 Å². The third kappa shape index (κ3) is 3.37. The van der Waals surface area contributed by atoms with Crippen molar-refractivity contribution in [2.24, 2.45) is 0 Å². The first kappa shape index (κ1) is 14.6. The van der Waals surface area contributed by atoms with Crippen molar-refractivity contribution in [2.75, 3.05) is 44.2 Å². The Morgan fingerprint density at radius 1 is 1.35 bits per heavy atom. The highest BCUT2D eigenvalue weighted by Crippen LogP contribution is 2.19. The molecule has 108 valence electrons. The van der Waals surface area contributed by atoms with E-state index >= 15 is 0 Å². The Balaban J connectivity index is 1.96. The van der Waals surface area contributed by atoms with Gasteiger partial charge in [-0.3, -0.25) is 4.90 Å². The second-order valence-corrected chi connectivity index (χ2v) is 4.65. The fraction of sp³-hybridized carbons (Fsp3) is 0.583. The van der Waals surface area contributed by atoms with E-state index in [9.17, 15) is 8.78 Å². The zero-order valence-corrected chi connectivity index (χ0v) is 10.8. The Labute approximate surface area is 115 Å². The summed E-state index contributed by atoms with van der Waals surface area (Å²) in [6.07, 6.45) is 2.80. The zero-order valence-electron chi connectivity index (χ0n) is 10.8. The quantitative estimate of drug-likeness (QED) is 0.844. The third-order valence-electron chi connectivity index (χ3n) is 3.17. The standard InChI is InChI=1S/C12H15F2N5O/c13-12(14,8-20)7-18-1-3-19(4-2-18)11-10(5-15)6-16-9-17-11/h6,9,20H,1-4,7-8H2. The number of halogens is 2. The van der Waals surface area contributed by atoms with Gasteiger partial charge < -0.3 is 10.0 Å². The van der Waals surface area contributed by atoms with Crippen molar-refractivity contribution in [1.29, 1.82) is 5.26 Å². The lowest BCUT2D eigenvalue weighted by atomic mass is 10.2. The molecule has 0 radical (unpaired) electrons. The molecule has 1 aliphatic rings. The molecular weight excluding hydrogens is 268 g/mol. The number of rotatable bonds is 4. The number of hydrogen-bond acceptors (Lipinski definition) is 6. The number of nitriles is 1. The van der Waals surface area contributed by atoms with Gasteiger partial charge in [-0.25, -0.2) is 18.7 Å². The van der Waals surface area contributed by atoms with E-state index in [4.69, 9.17) is 10.4 Å². The Morgan fingerprint density at radius 3 is 2.65 bits per heavy atom. The number of piperazine rings is 1. The van der Waals surface area contributed by atoms with Crippen LogP contribution in [0, 0.1) is 11.3 Å². The molecule has 1 aromatic heterocycles. The number of nitrogens with zero attached hydrogens (tertiary/aromatic N) is 5. The molecule has 2 rings (SSSR count). The summed E-state index contributed by atoms with van der Waals surface area (Å²) in [5.41, 5.74) is 0.377. The molecule has 0 spiro atoms. The van der Waals surface area contributed by atoms with Crippen LogP contribution in [0.25, 0.3) is 0 Å². The number of aliphatic hydroxyl groups is 1. The Kier molecular flexibility index (Phi) is 4.42. The van der Waals surface area contributed by atoms with Crippen LogP contribution < -0.4 is 4.90 Å². The average molecular weight is 283 g/mol. The van der Waals surface area contributed by atoms with Crippen LogP contribution >= 0.6 is 0 Å².